The molecule has 1 rings (SSSR count). The molecular weight excluding hydrogens is 200 g/mol. The van der Waals surface area contributed by atoms with Crippen LogP contribution in [0.1, 0.15) is 37.1 Å². The van der Waals surface area contributed by atoms with Gasteiger partial charge in [0.2, 0.25) is 0 Å². The van der Waals surface area contributed by atoms with E-state index in [1.807, 2.05) is 27.1 Å². The molecule has 0 spiro atoms. The Hall–Kier alpha value is -0.930. The number of aromatic nitrogens is 1. The Morgan fingerprint density at radius 1 is 1.44 bits per heavy atom. The Morgan fingerprint density at radius 3 is 2.81 bits per heavy atom. The lowest BCUT2D eigenvalue weighted by Crippen LogP contribution is -2.17. The van der Waals surface area contributed by atoms with Gasteiger partial charge in [-0.3, -0.25) is 4.98 Å². The maximum Gasteiger partial charge on any atom is 0.0466 e. The molecule has 0 saturated carbocycles. The Kier molecular flexibility index (Phi) is 6.04. The van der Waals surface area contributed by atoms with Crippen LogP contribution < -0.4 is 5.32 Å². The van der Waals surface area contributed by atoms with Crippen LogP contribution in [0.25, 0.3) is 0 Å². The molecule has 1 unspecified atom stereocenters. The second-order valence-corrected chi connectivity index (χ2v) is 3.91. The number of aryl methyl sites for hydroxylation is 1. The van der Waals surface area contributed by atoms with E-state index in [9.17, 15) is 0 Å². The minimum absolute atomic E-state index is 0.383. The van der Waals surface area contributed by atoms with Crippen molar-refractivity contribution in [3.05, 3.63) is 29.6 Å². The topological polar surface area (TPSA) is 34.1 Å². The van der Waals surface area contributed by atoms with Gasteiger partial charge in [0, 0.05) is 31.1 Å². The van der Waals surface area contributed by atoms with E-state index >= 15 is 0 Å². The number of nitrogens with one attached hydrogen (secondary N) is 1. The molecule has 1 aromatic rings. The molecule has 90 valence electrons. The molecule has 0 aromatic carbocycles. The fourth-order valence-electron chi connectivity index (χ4n) is 1.70. The first kappa shape index (κ1) is 13.1. The zero-order valence-electron chi connectivity index (χ0n) is 10.5. The summed E-state index contributed by atoms with van der Waals surface area (Å²) in [6.45, 7) is 5.68. The van der Waals surface area contributed by atoms with Gasteiger partial charge in [-0.05, 0) is 45.4 Å². The van der Waals surface area contributed by atoms with Crippen molar-refractivity contribution in [1.29, 1.82) is 0 Å². The van der Waals surface area contributed by atoms with Crippen LogP contribution in [-0.2, 0) is 4.74 Å². The highest BCUT2D eigenvalue weighted by Gasteiger charge is 2.08. The van der Waals surface area contributed by atoms with Gasteiger partial charge in [0.05, 0.1) is 0 Å². The van der Waals surface area contributed by atoms with E-state index < -0.39 is 0 Å². The highest BCUT2D eigenvalue weighted by molar-refractivity contribution is 5.16. The quantitative estimate of drug-likeness (QED) is 0.720. The lowest BCUT2D eigenvalue weighted by Gasteiger charge is -2.16. The van der Waals surface area contributed by atoms with E-state index in [4.69, 9.17) is 4.74 Å². The van der Waals surface area contributed by atoms with Gasteiger partial charge in [0.1, 0.15) is 0 Å². The van der Waals surface area contributed by atoms with Crippen molar-refractivity contribution in [3.8, 4) is 0 Å². The normalized spacial score (nSPS) is 12.7. The van der Waals surface area contributed by atoms with Crippen LogP contribution in [-0.4, -0.2) is 25.2 Å². The van der Waals surface area contributed by atoms with Crippen LogP contribution in [0.5, 0.6) is 0 Å². The molecule has 0 saturated heterocycles. The minimum Gasteiger partial charge on any atom is -0.382 e. The van der Waals surface area contributed by atoms with Gasteiger partial charge in [0.25, 0.3) is 0 Å². The van der Waals surface area contributed by atoms with Crippen LogP contribution in [0.3, 0.4) is 0 Å². The summed E-state index contributed by atoms with van der Waals surface area (Å²) < 4.78 is 5.34. The second-order valence-electron chi connectivity index (χ2n) is 3.91. The molecule has 1 aromatic heterocycles. The van der Waals surface area contributed by atoms with Crippen molar-refractivity contribution in [2.45, 2.75) is 32.7 Å². The Balaban J connectivity index is 2.44. The zero-order chi connectivity index (χ0) is 11.8. The third-order valence-corrected chi connectivity index (χ3v) is 2.67. The molecule has 0 aliphatic carbocycles. The van der Waals surface area contributed by atoms with Gasteiger partial charge in [0.15, 0.2) is 0 Å². The number of hydrogen-bond donors (Lipinski definition) is 1. The van der Waals surface area contributed by atoms with Crippen molar-refractivity contribution in [3.63, 3.8) is 0 Å². The Bertz CT molecular complexity index is 284. The lowest BCUT2D eigenvalue weighted by atomic mass is 10.0. The molecule has 1 heterocycles. The maximum absolute atomic E-state index is 5.34. The maximum atomic E-state index is 5.34. The first-order chi connectivity index (χ1) is 7.77. The summed E-state index contributed by atoms with van der Waals surface area (Å²) in [6.07, 6.45) is 4.12. The molecule has 16 heavy (non-hydrogen) atoms. The molecule has 0 amide bonds. The lowest BCUT2D eigenvalue weighted by molar-refractivity contribution is 0.141. The van der Waals surface area contributed by atoms with Crippen molar-refractivity contribution in [2.75, 3.05) is 20.3 Å². The van der Waals surface area contributed by atoms with Gasteiger partial charge in [-0.25, -0.2) is 0 Å². The number of pyridine rings is 1. The summed E-state index contributed by atoms with van der Waals surface area (Å²) in [6, 6.07) is 4.58. The SMILES string of the molecule is CCOCCCC(NC)c1ccc(C)nc1. The van der Waals surface area contributed by atoms with Gasteiger partial charge < -0.3 is 10.1 Å². The van der Waals surface area contributed by atoms with E-state index in [0.717, 1.165) is 31.7 Å². The number of hydrogen-bond acceptors (Lipinski definition) is 3. The van der Waals surface area contributed by atoms with Gasteiger partial charge in [-0.2, -0.15) is 0 Å². The molecule has 1 atom stereocenters. The van der Waals surface area contributed by atoms with Crippen LogP contribution in [0, 0.1) is 6.92 Å². The van der Waals surface area contributed by atoms with Crippen LogP contribution >= 0.6 is 0 Å². The van der Waals surface area contributed by atoms with Crippen molar-refractivity contribution in [2.24, 2.45) is 0 Å². The molecule has 0 aliphatic rings. The molecule has 0 fully saturated rings. The first-order valence-electron chi connectivity index (χ1n) is 5.95. The standard InChI is InChI=1S/C13H22N2O/c1-4-16-9-5-6-13(14-3)12-8-7-11(2)15-10-12/h7-8,10,13-14H,4-6,9H2,1-3H3. The van der Waals surface area contributed by atoms with E-state index in [1.165, 1.54) is 5.56 Å². The number of nitrogens with zero attached hydrogens (tertiary/aromatic N) is 1. The average molecular weight is 222 g/mol. The van der Waals surface area contributed by atoms with E-state index in [-0.39, 0.29) is 0 Å². The molecule has 3 nitrogen and oxygen atoms in total. The summed E-state index contributed by atoms with van der Waals surface area (Å²) >= 11 is 0. The van der Waals surface area contributed by atoms with Crippen molar-refractivity contribution in [1.82, 2.24) is 10.3 Å². The zero-order valence-corrected chi connectivity index (χ0v) is 10.5. The Labute approximate surface area is 98.2 Å². The number of ether oxygens (including phenoxy) is 1. The second kappa shape index (κ2) is 7.36. The molecule has 3 heteroatoms. The summed E-state index contributed by atoms with van der Waals surface area (Å²) in [5.74, 6) is 0. The summed E-state index contributed by atoms with van der Waals surface area (Å²) in [5, 5.41) is 3.32. The van der Waals surface area contributed by atoms with E-state index in [0.29, 0.717) is 6.04 Å². The van der Waals surface area contributed by atoms with Crippen LogP contribution in [0.15, 0.2) is 18.3 Å². The highest BCUT2D eigenvalue weighted by Crippen LogP contribution is 2.17. The fraction of sp³-hybridized carbons (Fsp3) is 0.615. The predicted molar refractivity (Wildman–Crippen MR) is 66.5 cm³/mol. The largest absolute Gasteiger partial charge is 0.382 e. The highest BCUT2D eigenvalue weighted by atomic mass is 16.5. The van der Waals surface area contributed by atoms with Crippen LogP contribution in [0.4, 0.5) is 0 Å². The third kappa shape index (κ3) is 4.29. The van der Waals surface area contributed by atoms with Gasteiger partial charge >= 0.3 is 0 Å². The molecule has 0 radical (unpaired) electrons. The molecule has 0 aliphatic heterocycles. The Morgan fingerprint density at radius 2 is 2.25 bits per heavy atom. The predicted octanol–water partition coefficient (Wildman–Crippen LogP) is 2.47. The molecule has 1 N–H and O–H groups in total. The van der Waals surface area contributed by atoms with Crippen LogP contribution in [0.2, 0.25) is 0 Å². The van der Waals surface area contributed by atoms with Gasteiger partial charge in [-0.15, -0.1) is 0 Å². The smallest absolute Gasteiger partial charge is 0.0466 e. The summed E-state index contributed by atoms with van der Waals surface area (Å²) in [7, 11) is 1.99. The summed E-state index contributed by atoms with van der Waals surface area (Å²) in [5.41, 5.74) is 2.32. The average Bonchev–Trinajstić information content (AvgIpc) is 2.31. The molecular formula is C13H22N2O. The monoisotopic (exact) mass is 222 g/mol. The van der Waals surface area contributed by atoms with E-state index in [1.54, 1.807) is 0 Å². The van der Waals surface area contributed by atoms with Crippen molar-refractivity contribution < 1.29 is 4.74 Å². The number of rotatable bonds is 7. The fourth-order valence-corrected chi connectivity index (χ4v) is 1.70. The minimum atomic E-state index is 0.383. The third-order valence-electron chi connectivity index (χ3n) is 2.67. The van der Waals surface area contributed by atoms with E-state index in [2.05, 4.69) is 22.4 Å². The van der Waals surface area contributed by atoms with Crippen molar-refractivity contribution >= 4 is 0 Å². The molecule has 0 bridgehead atoms. The summed E-state index contributed by atoms with van der Waals surface area (Å²) in [4.78, 5) is 4.32. The van der Waals surface area contributed by atoms with Gasteiger partial charge in [-0.1, -0.05) is 6.07 Å². The first-order valence-corrected chi connectivity index (χ1v) is 5.95.